The van der Waals surface area contributed by atoms with Gasteiger partial charge >= 0.3 is 11.9 Å². The molecule has 0 radical (unpaired) electrons. The van der Waals surface area contributed by atoms with Crippen molar-refractivity contribution >= 4 is 11.9 Å². The Morgan fingerprint density at radius 3 is 2.31 bits per heavy atom. The Kier molecular flexibility index (Phi) is 3.21. The van der Waals surface area contributed by atoms with Crippen LogP contribution in [-0.2, 0) is 9.59 Å². The third kappa shape index (κ3) is 2.01. The minimum Gasteiger partial charge on any atom is -0.481 e. The number of hydrogen-bond acceptors (Lipinski definition) is 2. The van der Waals surface area contributed by atoms with Crippen molar-refractivity contribution in [3.63, 3.8) is 0 Å². The molecule has 0 heterocycles. The number of hydrogen-bond donors (Lipinski definition) is 2. The number of carboxylic acid groups (broad SMARTS) is 2. The van der Waals surface area contributed by atoms with E-state index in [1.165, 1.54) is 6.08 Å². The Hall–Kier alpha value is -1.58. The fourth-order valence-electron chi connectivity index (χ4n) is 2.03. The highest BCUT2D eigenvalue weighted by Gasteiger charge is 2.43. The Morgan fingerprint density at radius 2 is 1.94 bits per heavy atom. The van der Waals surface area contributed by atoms with Crippen LogP contribution in [0.1, 0.15) is 27.2 Å². The molecule has 1 rings (SSSR count). The molecule has 0 amide bonds. The van der Waals surface area contributed by atoms with Crippen LogP contribution in [0.3, 0.4) is 0 Å². The van der Waals surface area contributed by atoms with Crippen molar-refractivity contribution in [3.8, 4) is 0 Å². The van der Waals surface area contributed by atoms with Crippen LogP contribution < -0.4 is 0 Å². The average Bonchev–Trinajstić information content (AvgIpc) is 2.15. The largest absolute Gasteiger partial charge is 0.481 e. The van der Waals surface area contributed by atoms with Crippen LogP contribution in [0.4, 0.5) is 0 Å². The maximum absolute atomic E-state index is 11.4. The van der Waals surface area contributed by atoms with Crippen LogP contribution in [0.2, 0.25) is 0 Å². The van der Waals surface area contributed by atoms with E-state index >= 15 is 0 Å². The van der Waals surface area contributed by atoms with Gasteiger partial charge in [0, 0.05) is 5.57 Å². The van der Waals surface area contributed by atoms with E-state index in [4.69, 9.17) is 5.11 Å². The normalized spacial score (nSPS) is 25.0. The highest BCUT2D eigenvalue weighted by molar-refractivity contribution is 5.90. The summed E-state index contributed by atoms with van der Waals surface area (Å²) in [6.45, 7) is 5.31. The third-order valence-electron chi connectivity index (χ3n) is 3.07. The Bertz CT molecular complexity index is 390. The fraction of sp³-hybridized carbons (Fsp3) is 0.500. The van der Waals surface area contributed by atoms with E-state index in [0.717, 1.165) is 0 Å². The molecule has 1 atom stereocenters. The molecule has 4 nitrogen and oxygen atoms in total. The van der Waals surface area contributed by atoms with Gasteiger partial charge < -0.3 is 10.2 Å². The summed E-state index contributed by atoms with van der Waals surface area (Å²) in [5.74, 6) is -2.16. The van der Waals surface area contributed by atoms with Gasteiger partial charge in [0.15, 0.2) is 0 Å². The highest BCUT2D eigenvalue weighted by atomic mass is 16.4. The van der Waals surface area contributed by atoms with Gasteiger partial charge in [0.1, 0.15) is 0 Å². The average molecular weight is 224 g/mol. The summed E-state index contributed by atoms with van der Waals surface area (Å²) >= 11 is 0. The molecule has 0 bridgehead atoms. The quantitative estimate of drug-likeness (QED) is 0.769. The van der Waals surface area contributed by atoms with Crippen LogP contribution in [0.25, 0.3) is 0 Å². The summed E-state index contributed by atoms with van der Waals surface area (Å²) in [4.78, 5) is 22.3. The van der Waals surface area contributed by atoms with Gasteiger partial charge in [-0.2, -0.15) is 0 Å². The number of carboxylic acids is 2. The van der Waals surface area contributed by atoms with Gasteiger partial charge in [-0.3, -0.25) is 4.79 Å². The first-order valence-electron chi connectivity index (χ1n) is 5.16. The van der Waals surface area contributed by atoms with Gasteiger partial charge in [0.2, 0.25) is 0 Å². The second-order valence-electron chi connectivity index (χ2n) is 4.54. The van der Waals surface area contributed by atoms with Crippen molar-refractivity contribution in [2.24, 2.45) is 11.3 Å². The highest BCUT2D eigenvalue weighted by Crippen LogP contribution is 2.40. The number of allylic oxidation sites excluding steroid dienone is 2. The van der Waals surface area contributed by atoms with Gasteiger partial charge in [-0.05, 0) is 25.3 Å². The summed E-state index contributed by atoms with van der Waals surface area (Å²) in [7, 11) is 0. The van der Waals surface area contributed by atoms with E-state index < -0.39 is 17.4 Å². The van der Waals surface area contributed by atoms with Crippen molar-refractivity contribution in [2.45, 2.75) is 27.2 Å². The van der Waals surface area contributed by atoms with Crippen LogP contribution in [-0.4, -0.2) is 22.2 Å². The number of aliphatic carboxylic acids is 2. The molecule has 0 fully saturated rings. The molecule has 0 aromatic heterocycles. The molecule has 1 unspecified atom stereocenters. The Labute approximate surface area is 94.3 Å². The zero-order chi connectivity index (χ0) is 12.5. The van der Waals surface area contributed by atoms with Crippen molar-refractivity contribution < 1.29 is 19.8 Å². The molecule has 88 valence electrons. The lowest BCUT2D eigenvalue weighted by Gasteiger charge is -2.33. The zero-order valence-corrected chi connectivity index (χ0v) is 9.65. The first-order valence-corrected chi connectivity index (χ1v) is 5.16. The van der Waals surface area contributed by atoms with E-state index in [2.05, 4.69) is 0 Å². The zero-order valence-electron chi connectivity index (χ0n) is 9.65. The molecule has 0 aromatic rings. The Morgan fingerprint density at radius 1 is 1.38 bits per heavy atom. The number of rotatable bonds is 3. The predicted molar refractivity (Wildman–Crippen MR) is 59.0 cm³/mol. The molecular formula is C12H16O4. The molecule has 1 aliphatic rings. The second kappa shape index (κ2) is 4.12. The summed E-state index contributed by atoms with van der Waals surface area (Å²) in [6.07, 6.45) is 3.24. The van der Waals surface area contributed by atoms with Gasteiger partial charge in [0.25, 0.3) is 0 Å². The maximum Gasteiger partial charge on any atom is 0.331 e. The van der Waals surface area contributed by atoms with Gasteiger partial charge in [-0.1, -0.05) is 25.5 Å². The molecule has 0 saturated carbocycles. The molecule has 0 aliphatic heterocycles. The third-order valence-corrected chi connectivity index (χ3v) is 3.07. The molecule has 4 heteroatoms. The van der Waals surface area contributed by atoms with E-state index in [0.29, 0.717) is 5.57 Å². The van der Waals surface area contributed by atoms with Crippen molar-refractivity contribution in [1.82, 2.24) is 0 Å². The van der Waals surface area contributed by atoms with E-state index in [-0.39, 0.29) is 17.9 Å². The Balaban J connectivity index is 3.23. The minimum absolute atomic E-state index is 0.0483. The van der Waals surface area contributed by atoms with Crippen molar-refractivity contribution in [3.05, 3.63) is 23.3 Å². The monoisotopic (exact) mass is 224 g/mol. The van der Waals surface area contributed by atoms with Gasteiger partial charge in [-0.15, -0.1) is 0 Å². The van der Waals surface area contributed by atoms with E-state index in [1.807, 2.05) is 0 Å². The minimum atomic E-state index is -1.09. The fourth-order valence-corrected chi connectivity index (χ4v) is 2.03. The topological polar surface area (TPSA) is 74.6 Å². The van der Waals surface area contributed by atoms with Gasteiger partial charge in [0.05, 0.1) is 5.41 Å². The lowest BCUT2D eigenvalue weighted by molar-refractivity contribution is -0.148. The van der Waals surface area contributed by atoms with Gasteiger partial charge in [-0.25, -0.2) is 4.79 Å². The molecule has 16 heavy (non-hydrogen) atoms. The summed E-state index contributed by atoms with van der Waals surface area (Å²) < 4.78 is 0. The molecule has 0 saturated heterocycles. The van der Waals surface area contributed by atoms with E-state index in [1.54, 1.807) is 26.8 Å². The molecule has 0 aromatic carbocycles. The first kappa shape index (κ1) is 12.5. The summed E-state index contributed by atoms with van der Waals surface area (Å²) in [5.41, 5.74) is -0.233. The SMILES string of the molecule is CC1=CC(C(=O)O)(C(C)C)CC(C(=O)O)=C1. The molecular weight excluding hydrogens is 208 g/mol. The number of carbonyl (C=O) groups is 2. The van der Waals surface area contributed by atoms with Crippen LogP contribution >= 0.6 is 0 Å². The smallest absolute Gasteiger partial charge is 0.331 e. The van der Waals surface area contributed by atoms with Crippen molar-refractivity contribution in [1.29, 1.82) is 0 Å². The summed E-state index contributed by atoms with van der Waals surface area (Å²) in [5, 5.41) is 18.3. The maximum atomic E-state index is 11.4. The lowest BCUT2D eigenvalue weighted by atomic mass is 9.69. The van der Waals surface area contributed by atoms with Crippen LogP contribution in [0.15, 0.2) is 23.3 Å². The molecule has 0 spiro atoms. The lowest BCUT2D eigenvalue weighted by Crippen LogP contribution is -2.37. The van der Waals surface area contributed by atoms with Crippen LogP contribution in [0, 0.1) is 11.3 Å². The van der Waals surface area contributed by atoms with Crippen molar-refractivity contribution in [2.75, 3.05) is 0 Å². The predicted octanol–water partition coefficient (Wildman–Crippen LogP) is 2.07. The second-order valence-corrected chi connectivity index (χ2v) is 4.54. The molecule has 2 N–H and O–H groups in total. The standard InChI is InChI=1S/C12H16O4/c1-7(2)12(11(15)16)5-8(3)4-9(6-12)10(13)14/h4-5,7H,6H2,1-3H3,(H,13,14)(H,15,16). The van der Waals surface area contributed by atoms with Crippen LogP contribution in [0.5, 0.6) is 0 Å². The summed E-state index contributed by atoms with van der Waals surface area (Å²) in [6, 6.07) is 0. The molecule has 1 aliphatic carbocycles. The first-order chi connectivity index (χ1) is 7.29. The van der Waals surface area contributed by atoms with E-state index in [9.17, 15) is 14.7 Å².